The molecule has 0 radical (unpaired) electrons. The molecule has 18 heterocycles. The number of nitrogens with zero attached hydrogens (tertiary/aromatic N) is 21. The zero-order valence-corrected chi connectivity index (χ0v) is 88.8. The Hall–Kier alpha value is -7.09. The number of aryl methyl sites for hydroxylation is 3. The van der Waals surface area contributed by atoms with Crippen molar-refractivity contribution in [3.8, 4) is 0 Å². The monoisotopic (exact) mass is 2300 g/mol. The van der Waals surface area contributed by atoms with E-state index in [1.807, 2.05) is 6.92 Å². The van der Waals surface area contributed by atoms with Crippen molar-refractivity contribution in [1.29, 1.82) is 0 Å². The van der Waals surface area contributed by atoms with Crippen molar-refractivity contribution < 1.29 is 126 Å². The lowest BCUT2D eigenvalue weighted by Gasteiger charge is -2.29. The summed E-state index contributed by atoms with van der Waals surface area (Å²) >= 11 is 39.6. The second kappa shape index (κ2) is 43.8. The highest BCUT2D eigenvalue weighted by atomic mass is 32.5. The summed E-state index contributed by atoms with van der Waals surface area (Å²) in [6.45, 7) is -26.8. The van der Waals surface area contributed by atoms with Crippen molar-refractivity contribution >= 4 is 209 Å². The Labute approximate surface area is 859 Å². The molecule has 146 heavy (non-hydrogen) atoms. The second-order valence-corrected chi connectivity index (χ2v) is 54.9. The number of H-pyrrole nitrogens is 1. The predicted octanol–water partition coefficient (Wildman–Crippen LogP) is 2.67. The van der Waals surface area contributed by atoms with Gasteiger partial charge in [0.2, 0.25) is 0 Å². The van der Waals surface area contributed by atoms with Gasteiger partial charge in [-0.05, 0) is 110 Å². The molecular formula is C73H97N28O31P7S7. The third-order valence-electron chi connectivity index (χ3n) is 24.6. The molecule has 7 unspecified atom stereocenters. The van der Waals surface area contributed by atoms with Crippen LogP contribution < -0.4 is 57.0 Å². The van der Waals surface area contributed by atoms with Crippen molar-refractivity contribution in [3.63, 3.8) is 0 Å². The number of ether oxygens (including phenoxy) is 7. The number of aromatic nitrogens is 22. The molecule has 0 spiro atoms. The van der Waals surface area contributed by atoms with Gasteiger partial charge in [0.05, 0.1) is 114 Å². The summed E-state index contributed by atoms with van der Waals surface area (Å²) in [4.78, 5) is 199. The summed E-state index contributed by atoms with van der Waals surface area (Å²) in [5.41, 5.74) is 36.2. The number of nitrogen functional groups attached to an aromatic ring is 6. The van der Waals surface area contributed by atoms with E-state index < -0.39 is 238 Å². The number of rotatable bonds is 41. The molecule has 28 atom stereocenters. The van der Waals surface area contributed by atoms with Crippen LogP contribution in [0.25, 0.3) is 44.7 Å². The number of nitrogens with two attached hydrogens (primary N) is 6. The molecule has 11 aromatic heterocycles. The Balaban J connectivity index is 0.555. The van der Waals surface area contributed by atoms with Crippen molar-refractivity contribution in [2.75, 3.05) is 80.2 Å². The van der Waals surface area contributed by atoms with Gasteiger partial charge in [-0.1, -0.05) is 13.8 Å². The van der Waals surface area contributed by atoms with Gasteiger partial charge >= 0.3 is 57.4 Å². The van der Waals surface area contributed by atoms with Crippen LogP contribution in [0.1, 0.15) is 125 Å². The second-order valence-electron chi connectivity index (χ2n) is 34.3. The molecule has 20 N–H and O–H groups in total. The average molecular weight is 2300 g/mol. The van der Waals surface area contributed by atoms with Crippen molar-refractivity contribution in [2.24, 2.45) is 0 Å². The molecule has 0 saturated carbocycles. The van der Waals surface area contributed by atoms with Gasteiger partial charge in [0.25, 0.3) is 5.56 Å². The minimum Gasteiger partial charge on any atom is -0.383 e. The zero-order valence-electron chi connectivity index (χ0n) is 76.9. The normalized spacial score (nSPS) is 29.5. The van der Waals surface area contributed by atoms with Crippen LogP contribution in [0.2, 0.25) is 0 Å². The number of imidazole rings is 4. The van der Waals surface area contributed by atoms with Crippen molar-refractivity contribution in [2.45, 2.75) is 215 Å². The molecule has 7 aliphatic rings. The fraction of sp³-hybridized carbons (Fsp3) is 0.562. The average Bonchev–Trinajstić information content (AvgIpc) is 1.73. The molecule has 59 nitrogen and oxygen atoms in total. The first-order chi connectivity index (χ1) is 69.1. The Morgan fingerprint density at radius 1 is 0.329 bits per heavy atom. The van der Waals surface area contributed by atoms with Crippen molar-refractivity contribution in [1.82, 2.24) is 107 Å². The number of anilines is 6. The maximum absolute atomic E-state index is 13.7. The van der Waals surface area contributed by atoms with Gasteiger partial charge in [0, 0.05) is 86.4 Å². The molecule has 18 rings (SSSR count). The zero-order chi connectivity index (χ0) is 104. The lowest BCUT2D eigenvalue weighted by atomic mass is 10.1. The summed E-state index contributed by atoms with van der Waals surface area (Å²) < 4.78 is 134. The van der Waals surface area contributed by atoms with Crippen LogP contribution in [0.3, 0.4) is 0 Å². The molecule has 7 aliphatic heterocycles. The lowest BCUT2D eigenvalue weighted by Crippen LogP contribution is -2.33. The van der Waals surface area contributed by atoms with E-state index >= 15 is 0 Å². The summed E-state index contributed by atoms with van der Waals surface area (Å²) in [5.74, 6) is 0.141. The Kier molecular flexibility index (Phi) is 32.6. The van der Waals surface area contributed by atoms with E-state index in [2.05, 4.69) is 74.8 Å². The van der Waals surface area contributed by atoms with Gasteiger partial charge in [-0.3, -0.25) is 41.7 Å². The first-order valence-corrected chi connectivity index (χ1v) is 62.8. The van der Waals surface area contributed by atoms with E-state index in [1.165, 1.54) is 85.3 Å². The smallest absolute Gasteiger partial charge is 0.351 e. The lowest BCUT2D eigenvalue weighted by molar-refractivity contribution is -0.0576. The largest absolute Gasteiger partial charge is 0.383 e. The Morgan fingerprint density at radius 2 is 0.562 bits per heavy atom. The topological polar surface area (TPSA) is 781 Å². The minimum absolute atomic E-state index is 0.0159. The van der Waals surface area contributed by atoms with E-state index in [1.54, 1.807) is 29.9 Å². The highest BCUT2D eigenvalue weighted by Gasteiger charge is 2.52. The fourth-order valence-corrected chi connectivity index (χ4v) is 27.3. The van der Waals surface area contributed by atoms with Gasteiger partial charge in [-0.15, -0.1) is 0 Å². The van der Waals surface area contributed by atoms with Gasteiger partial charge in [0.15, 0.2) is 52.4 Å². The van der Waals surface area contributed by atoms with Crippen LogP contribution in [-0.4, -0.2) is 272 Å². The number of nitrogens with one attached hydrogen (secondary N) is 1. The molecule has 7 saturated heterocycles. The molecule has 7 fully saturated rings. The van der Waals surface area contributed by atoms with E-state index in [9.17, 15) is 53.4 Å². The van der Waals surface area contributed by atoms with E-state index in [-0.39, 0.29) is 119 Å². The number of hydrogen-bond donors (Lipinski definition) is 14. The van der Waals surface area contributed by atoms with Crippen LogP contribution in [0, 0.1) is 20.8 Å². The molecule has 792 valence electrons. The van der Waals surface area contributed by atoms with Crippen LogP contribution in [0.15, 0.2) is 88.4 Å². The van der Waals surface area contributed by atoms with E-state index in [4.69, 9.17) is 209 Å². The van der Waals surface area contributed by atoms with Gasteiger partial charge in [0.1, 0.15) is 139 Å². The number of hydrogen-bond acceptors (Lipinski definition) is 51. The molecule has 0 amide bonds. The SMILES string of the molecule is CC[C@H]1O[C@@H](n2cnc3c(N)ncnc32)C[C@H]1OP(O)(=S)OC[C@H]1O[C@@H](n2cnc3c(N)ncnc32)C[C@H]1OP(O)(=S)OC[C@H]1O[C@@H](n2cnc3c(N)ncnc32)C[C@H]1OP(O)(=S)OC[C@H]1O[C@@H](n2cc(C)c(N)nc2=O)C[C@H]1OP(O)(=S)OC[C@H]1O[C@@H](n2cc(C)c(=O)[nH]c2=O)C[C@H]1OP(O)(=S)OC[C@H]1O[C@@H](n2cc(C)c(N)nc2=O)C[C@H]1OP(O)(=S)OC[C@H]1O[C@@H](n2cnc3c(N)ncnc32)C[C@H]1OP(O)(=S)CC. The van der Waals surface area contributed by atoms with Crippen LogP contribution in [0.4, 0.5) is 34.9 Å². The fourth-order valence-electron chi connectivity index (χ4n) is 17.3. The highest BCUT2D eigenvalue weighted by Crippen LogP contribution is 2.59. The van der Waals surface area contributed by atoms with Crippen molar-refractivity contribution in [3.05, 3.63) is 128 Å². The maximum Gasteiger partial charge on any atom is 0.351 e. The standard InChI is InChI=1S/C73H97N28O31P7S7/c1-6-35-36(8-52(119-35)98-28-88-56-62(76)80-24-84-66(56)98)127-134(107,141)114-22-47-41(13-54(124-47)100-30-90-58-64(78)82-26-86-68(58)100)132-139(112,146)118-23-48-42(14-55(125-48)101-31-91-59-65(79)83-27-87-69(59)101)131-138(111,145)117-20-45-39(11-50(121-45)96-16-33(4)61(75)93-72(96)104)129-136(109,143)116-21-46-40(12-51(122-46)97-17-34(5)70(102)94-73(97)105)130-137(110,144)115-19-44-38(10-49(120-44)95-15-32(3)60(74)92-71(95)103)128-135(108,142)113-18-43-37(126-133(106,140)7-2)9-53(123-43)99-29-89-57-63(77)81-25-85-67(57)99/h15-17,24-31,35-55H,6-14,18-23H2,1-5H3,(H,106,140)(H,107,141)(H,108,142)(H,109,143)(H,110,144)(H,111,145)(H,112,146)(H2,74,92,103)(H2,75,93,104)(H2,76,80,84)(H2,77,81,85)(H2,78,82,86)(H2,79,83,87)(H,94,102,105)/t35-,36-,37-,38-,39-,40-,41-,42-,43-,44-,45-,46-,47-,48-,49-,50-,51-,52-,53-,54-,55-,133?,134?,135?,136?,137?,138?,139?/m1/s1. The first kappa shape index (κ1) is 109. The molecule has 73 heteroatoms. The van der Waals surface area contributed by atoms with Crippen LogP contribution >= 0.6 is 46.8 Å². The minimum atomic E-state index is -4.74. The third kappa shape index (κ3) is 24.6. The molecule has 0 bridgehead atoms. The first-order valence-electron chi connectivity index (χ1n) is 44.4. The van der Waals surface area contributed by atoms with Gasteiger partial charge in [-0.25, -0.2) is 74.2 Å². The number of fused-ring (bicyclic) bond motifs is 4. The summed E-state index contributed by atoms with van der Waals surface area (Å²) in [6.07, 6.45) is -10.9. The number of aromatic amines is 1. The Morgan fingerprint density at radius 3 is 0.822 bits per heavy atom. The molecule has 0 aliphatic carbocycles. The Bertz CT molecular complexity index is 7390. The predicted molar refractivity (Wildman–Crippen MR) is 536 cm³/mol. The van der Waals surface area contributed by atoms with E-state index in [0.29, 0.717) is 34.4 Å². The molecule has 0 aromatic carbocycles. The summed E-state index contributed by atoms with van der Waals surface area (Å²) in [6, 6.07) is 0. The third-order valence-corrected chi connectivity index (χ3v) is 36.6. The van der Waals surface area contributed by atoms with Crippen LogP contribution in [-0.2, 0) is 175 Å². The quantitative estimate of drug-likeness (QED) is 0.0245. The highest BCUT2D eigenvalue weighted by molar-refractivity contribution is 8.10. The van der Waals surface area contributed by atoms with Gasteiger partial charge in [-0.2, -0.15) is 9.97 Å². The molecule has 11 aromatic rings. The molecular weight excluding hydrogens is 2210 g/mol. The summed E-state index contributed by atoms with van der Waals surface area (Å²) in [5, 5.41) is 0. The summed E-state index contributed by atoms with van der Waals surface area (Å²) in [7, 11) is 0. The maximum atomic E-state index is 13.7. The van der Waals surface area contributed by atoms with E-state index in [0.717, 1.165) is 13.7 Å². The van der Waals surface area contributed by atoms with Gasteiger partial charge < -0.3 is 161 Å². The van der Waals surface area contributed by atoms with Crippen LogP contribution in [0.5, 0.6) is 0 Å².